The number of halogens is 6. The van der Waals surface area contributed by atoms with E-state index in [0.29, 0.717) is 11.7 Å². The average molecular weight is 815 g/mol. The summed E-state index contributed by atoms with van der Waals surface area (Å²) in [7, 11) is 0. The Morgan fingerprint density at radius 3 is 1.98 bits per heavy atom. The quantitative estimate of drug-likeness (QED) is 0.133. The Bertz CT molecular complexity index is 1950. The summed E-state index contributed by atoms with van der Waals surface area (Å²) in [5.41, 5.74) is 6.68. The first-order valence-electron chi connectivity index (χ1n) is 16.8. The summed E-state index contributed by atoms with van der Waals surface area (Å²) in [6, 6.07) is 16.1. The summed E-state index contributed by atoms with van der Waals surface area (Å²) in [5.74, 6) is -5.46. The van der Waals surface area contributed by atoms with Crippen LogP contribution < -0.4 is 16.4 Å². The lowest BCUT2D eigenvalue weighted by atomic mass is 9.97. The number of nitrogens with one attached hydrogen (secondary N) is 2. The zero-order valence-corrected chi connectivity index (χ0v) is 31.0. The molecule has 0 bridgehead atoms. The third kappa shape index (κ3) is 13.1. The summed E-state index contributed by atoms with van der Waals surface area (Å²) in [6.45, 7) is 6.85. The highest BCUT2D eigenvalue weighted by Crippen LogP contribution is 2.28. The van der Waals surface area contributed by atoms with Crippen LogP contribution in [0, 0.1) is 5.92 Å². The second kappa shape index (κ2) is 18.9. The molecule has 0 saturated carbocycles. The van der Waals surface area contributed by atoms with Gasteiger partial charge in [-0.25, -0.2) is 14.6 Å². The van der Waals surface area contributed by atoms with Gasteiger partial charge in [0, 0.05) is 30.4 Å². The molecule has 2 aromatic carbocycles. The molecule has 5 rings (SSSR count). The van der Waals surface area contributed by atoms with Gasteiger partial charge in [0.1, 0.15) is 12.1 Å². The minimum atomic E-state index is -5.08. The van der Waals surface area contributed by atoms with Crippen molar-refractivity contribution in [1.29, 1.82) is 0 Å². The van der Waals surface area contributed by atoms with Gasteiger partial charge in [-0.1, -0.05) is 55.5 Å². The van der Waals surface area contributed by atoms with Crippen LogP contribution in [0.2, 0.25) is 0 Å². The van der Waals surface area contributed by atoms with Crippen molar-refractivity contribution in [1.82, 2.24) is 19.8 Å². The van der Waals surface area contributed by atoms with Crippen LogP contribution in [0.5, 0.6) is 0 Å². The first kappa shape index (κ1) is 44.9. The van der Waals surface area contributed by atoms with E-state index in [9.17, 15) is 40.7 Å². The van der Waals surface area contributed by atoms with Gasteiger partial charge in [-0.3, -0.25) is 14.4 Å². The number of nitrogens with two attached hydrogens (primary N) is 1. The van der Waals surface area contributed by atoms with Crippen molar-refractivity contribution in [2.45, 2.75) is 70.0 Å². The number of fused-ring (bicyclic) bond motifs is 1. The van der Waals surface area contributed by atoms with Gasteiger partial charge in [-0.2, -0.15) is 26.3 Å². The lowest BCUT2D eigenvalue weighted by Gasteiger charge is -2.33. The van der Waals surface area contributed by atoms with Crippen LogP contribution in [-0.4, -0.2) is 91.3 Å². The highest BCUT2D eigenvalue weighted by atomic mass is 32.1. The average Bonchev–Trinajstić information content (AvgIpc) is 3.75. The third-order valence-corrected chi connectivity index (χ3v) is 9.28. The van der Waals surface area contributed by atoms with Crippen LogP contribution in [0.4, 0.5) is 32.2 Å². The number of imidazole rings is 1. The SMILES string of the molecule is CC1CCN(C(=O)C(c2ccccc2)n2cnc(NC(=O)[C@@H](Cc3csc4ccccc34)NC(=O)C(C)(C)N)c2)CC1.O=C(O)C(F)(F)F.O=C(O)C(F)(F)F. The number of amides is 3. The molecule has 1 fully saturated rings. The standard InChI is InChI=1S/C32H38N6O3S.2C2HF3O2/c1-21-13-15-37(16-14-21)30(40)28(22-9-5-4-6-10-22)38-18-27(34-20-38)36-29(39)25(35-31(41)32(2,3)33)17-23-19-42-26-12-8-7-11-24(23)26;2*3-2(4,5)1(6)7/h4-12,18-21,25,28H,13-17,33H2,1-3H3,(H,35,41)(H,36,39);2*(H,6,7)/t25-,28?;;/m1../s1. The maximum Gasteiger partial charge on any atom is 0.490 e. The zero-order chi connectivity index (χ0) is 42.0. The Balaban J connectivity index is 0.000000512. The molecule has 56 heavy (non-hydrogen) atoms. The molecule has 0 radical (unpaired) electrons. The number of carboxylic acid groups (broad SMARTS) is 2. The number of nitrogens with zero attached hydrogens (tertiary/aromatic N) is 3. The number of carbonyl (C=O) groups is 5. The lowest BCUT2D eigenvalue weighted by Crippen LogP contribution is -2.55. The van der Waals surface area contributed by atoms with E-state index in [0.717, 1.165) is 47.1 Å². The molecule has 304 valence electrons. The van der Waals surface area contributed by atoms with E-state index in [1.54, 1.807) is 42.3 Å². The molecular formula is C36H40F6N6O7S. The molecule has 0 spiro atoms. The fraction of sp³-hybridized carbons (Fsp3) is 0.389. The maximum absolute atomic E-state index is 13.8. The molecule has 1 aliphatic rings. The number of piperidine rings is 1. The number of carboxylic acids is 2. The monoisotopic (exact) mass is 814 g/mol. The Kier molecular flexibility index (Phi) is 15.1. The van der Waals surface area contributed by atoms with Crippen LogP contribution in [0.1, 0.15) is 50.8 Å². The van der Waals surface area contributed by atoms with Crippen LogP contribution in [-0.2, 0) is 30.4 Å². The fourth-order valence-corrected chi connectivity index (χ4v) is 6.18. The third-order valence-electron chi connectivity index (χ3n) is 8.27. The van der Waals surface area contributed by atoms with E-state index in [4.69, 9.17) is 25.5 Å². The maximum atomic E-state index is 13.8. The van der Waals surface area contributed by atoms with Crippen molar-refractivity contribution >= 4 is 56.9 Å². The Labute approximate surface area is 320 Å². The topological polar surface area (TPSA) is 197 Å². The fourth-order valence-electron chi connectivity index (χ4n) is 5.20. The van der Waals surface area contributed by atoms with Crippen LogP contribution in [0.25, 0.3) is 10.1 Å². The molecule has 1 saturated heterocycles. The highest BCUT2D eigenvalue weighted by Gasteiger charge is 2.39. The number of hydrogen-bond acceptors (Lipinski definition) is 8. The lowest BCUT2D eigenvalue weighted by molar-refractivity contribution is -0.193. The molecule has 1 aliphatic heterocycles. The van der Waals surface area contributed by atoms with Gasteiger partial charge in [0.05, 0.1) is 11.9 Å². The second-order valence-electron chi connectivity index (χ2n) is 13.3. The zero-order valence-electron chi connectivity index (χ0n) is 30.2. The van der Waals surface area contributed by atoms with Gasteiger partial charge in [0.25, 0.3) is 0 Å². The number of anilines is 1. The summed E-state index contributed by atoms with van der Waals surface area (Å²) in [6.07, 6.45) is -4.68. The van der Waals surface area contributed by atoms with Crippen molar-refractivity contribution in [3.63, 3.8) is 0 Å². The number of hydrogen-bond donors (Lipinski definition) is 5. The van der Waals surface area contributed by atoms with Gasteiger partial charge < -0.3 is 36.0 Å². The van der Waals surface area contributed by atoms with Crippen molar-refractivity contribution in [2.24, 2.45) is 11.7 Å². The summed E-state index contributed by atoms with van der Waals surface area (Å²) >= 11 is 1.59. The molecule has 0 aliphatic carbocycles. The normalized spacial score (nSPS) is 14.6. The molecule has 13 nitrogen and oxygen atoms in total. The molecular weight excluding hydrogens is 774 g/mol. The number of benzene rings is 2. The van der Waals surface area contributed by atoms with E-state index < -0.39 is 53.7 Å². The van der Waals surface area contributed by atoms with Gasteiger partial charge in [-0.15, -0.1) is 11.3 Å². The molecule has 3 heterocycles. The number of thiophene rings is 1. The number of likely N-dealkylation sites (tertiary alicyclic amines) is 1. The van der Waals surface area contributed by atoms with Crippen molar-refractivity contribution < 1.29 is 60.5 Å². The predicted octanol–water partition coefficient (Wildman–Crippen LogP) is 5.62. The molecule has 2 aromatic heterocycles. The Morgan fingerprint density at radius 1 is 0.911 bits per heavy atom. The van der Waals surface area contributed by atoms with Crippen molar-refractivity contribution in [2.75, 3.05) is 18.4 Å². The van der Waals surface area contributed by atoms with Gasteiger partial charge in [0.2, 0.25) is 17.7 Å². The van der Waals surface area contributed by atoms with E-state index >= 15 is 0 Å². The summed E-state index contributed by atoms with van der Waals surface area (Å²) < 4.78 is 66.3. The smallest absolute Gasteiger partial charge is 0.475 e. The number of rotatable bonds is 9. The molecule has 2 atom stereocenters. The van der Waals surface area contributed by atoms with E-state index in [2.05, 4.69) is 22.5 Å². The van der Waals surface area contributed by atoms with Gasteiger partial charge in [-0.05, 0) is 60.6 Å². The molecule has 6 N–H and O–H groups in total. The van der Waals surface area contributed by atoms with Crippen molar-refractivity contribution in [3.8, 4) is 0 Å². The summed E-state index contributed by atoms with van der Waals surface area (Å²) in [4.78, 5) is 64.4. The van der Waals surface area contributed by atoms with E-state index in [-0.39, 0.29) is 12.3 Å². The van der Waals surface area contributed by atoms with E-state index in [1.165, 1.54) is 0 Å². The molecule has 1 unspecified atom stereocenters. The minimum absolute atomic E-state index is 0.00281. The van der Waals surface area contributed by atoms with Gasteiger partial charge in [0.15, 0.2) is 5.82 Å². The van der Waals surface area contributed by atoms with Crippen LogP contribution >= 0.6 is 11.3 Å². The van der Waals surface area contributed by atoms with Gasteiger partial charge >= 0.3 is 24.3 Å². The second-order valence-corrected chi connectivity index (χ2v) is 14.2. The first-order chi connectivity index (χ1) is 26.0. The first-order valence-corrected chi connectivity index (χ1v) is 17.7. The van der Waals surface area contributed by atoms with Crippen molar-refractivity contribution in [3.05, 3.63) is 83.6 Å². The number of aliphatic carboxylic acids is 2. The Morgan fingerprint density at radius 2 is 1.45 bits per heavy atom. The Hall–Kier alpha value is -5.50. The predicted molar refractivity (Wildman–Crippen MR) is 194 cm³/mol. The molecule has 4 aromatic rings. The number of aromatic nitrogens is 2. The van der Waals surface area contributed by atoms with E-state index in [1.807, 2.05) is 64.9 Å². The molecule has 20 heteroatoms. The number of alkyl halides is 6. The molecule has 3 amide bonds. The highest BCUT2D eigenvalue weighted by molar-refractivity contribution is 7.17. The van der Waals surface area contributed by atoms with Crippen LogP contribution in [0.15, 0.2) is 72.5 Å². The van der Waals surface area contributed by atoms with Crippen LogP contribution in [0.3, 0.4) is 0 Å². The number of carbonyl (C=O) groups excluding carboxylic acids is 3. The minimum Gasteiger partial charge on any atom is -0.475 e. The summed E-state index contributed by atoms with van der Waals surface area (Å²) in [5, 5.41) is 23.0. The largest absolute Gasteiger partial charge is 0.490 e.